The lowest BCUT2D eigenvalue weighted by Gasteiger charge is -2.27. The molecule has 4 aliphatic rings. The van der Waals surface area contributed by atoms with Gasteiger partial charge in [0.1, 0.15) is 11.5 Å². The highest BCUT2D eigenvalue weighted by Crippen LogP contribution is 2.44. The van der Waals surface area contributed by atoms with Gasteiger partial charge in [-0.15, -0.1) is 0 Å². The molecule has 0 unspecified atom stereocenters. The first-order valence-corrected chi connectivity index (χ1v) is 17.2. The predicted molar refractivity (Wildman–Crippen MR) is 163 cm³/mol. The number of nitrogens with two attached hydrogens (primary N) is 1. The zero-order chi connectivity index (χ0) is 30.7. The van der Waals surface area contributed by atoms with E-state index >= 15 is 0 Å². The third-order valence-corrected chi connectivity index (χ3v) is 11.0. The third kappa shape index (κ3) is 4.41. The van der Waals surface area contributed by atoms with Crippen LogP contribution in [0.2, 0.25) is 0 Å². The van der Waals surface area contributed by atoms with Crippen LogP contribution in [0.25, 0.3) is 33.6 Å². The fourth-order valence-electron chi connectivity index (χ4n) is 7.38. The number of imidazole rings is 1. The predicted octanol–water partition coefficient (Wildman–Crippen LogP) is 4.66. The molecular formula is C31H35F2N7O3S. The van der Waals surface area contributed by atoms with Crippen molar-refractivity contribution in [3.05, 3.63) is 41.5 Å². The van der Waals surface area contributed by atoms with E-state index in [1.807, 2.05) is 28.5 Å². The number of carbonyl (C=O) groups is 1. The molecule has 3 atom stereocenters. The van der Waals surface area contributed by atoms with Gasteiger partial charge in [0.05, 0.1) is 23.0 Å². The Morgan fingerprint density at radius 2 is 1.86 bits per heavy atom. The molecule has 2 bridgehead atoms. The quantitative estimate of drug-likeness (QED) is 0.285. The van der Waals surface area contributed by atoms with Crippen molar-refractivity contribution in [1.82, 2.24) is 24.0 Å². The molecule has 10 nitrogen and oxygen atoms in total. The highest BCUT2D eigenvalue weighted by atomic mass is 32.2. The van der Waals surface area contributed by atoms with E-state index in [2.05, 4.69) is 15.6 Å². The number of anilines is 1. The number of benzene rings is 1. The van der Waals surface area contributed by atoms with E-state index in [1.54, 1.807) is 6.07 Å². The molecule has 4 heterocycles. The van der Waals surface area contributed by atoms with Crippen molar-refractivity contribution < 1.29 is 22.0 Å². The Kier molecular flexibility index (Phi) is 6.16. The highest BCUT2D eigenvalue weighted by Gasteiger charge is 2.47. The van der Waals surface area contributed by atoms with Gasteiger partial charge in [0.25, 0.3) is 5.91 Å². The normalized spacial score (nSPS) is 23.5. The molecule has 13 heteroatoms. The number of aryl methyl sites for hydroxylation is 1. The molecule has 3 aliphatic carbocycles. The van der Waals surface area contributed by atoms with Gasteiger partial charge < -0.3 is 19.8 Å². The molecule has 1 saturated heterocycles. The Balaban J connectivity index is 1.27. The maximum Gasteiger partial charge on any atom is 0.329 e. The van der Waals surface area contributed by atoms with Crippen molar-refractivity contribution >= 4 is 43.8 Å². The maximum atomic E-state index is 13.9. The molecule has 2 N–H and O–H groups in total. The van der Waals surface area contributed by atoms with Crippen molar-refractivity contribution in [2.24, 2.45) is 17.6 Å². The van der Waals surface area contributed by atoms with Gasteiger partial charge in [0, 0.05) is 42.2 Å². The van der Waals surface area contributed by atoms with E-state index in [0.29, 0.717) is 41.5 Å². The van der Waals surface area contributed by atoms with Gasteiger partial charge in [0.15, 0.2) is 5.82 Å². The first-order chi connectivity index (χ1) is 21.0. The fraction of sp³-hybridized carbons (Fsp3) is 0.516. The lowest BCUT2D eigenvalue weighted by Crippen LogP contribution is -2.41. The Labute approximate surface area is 253 Å². The molecular weight excluding hydrogens is 588 g/mol. The van der Waals surface area contributed by atoms with Crippen LogP contribution < -0.4 is 10.0 Å². The summed E-state index contributed by atoms with van der Waals surface area (Å²) < 4.78 is 56.5. The summed E-state index contributed by atoms with van der Waals surface area (Å²) in [4.78, 5) is 25.3. The van der Waals surface area contributed by atoms with Crippen LogP contribution in [-0.4, -0.2) is 69.8 Å². The molecule has 1 aliphatic heterocycles. The number of alkyl halides is 2. The molecule has 0 spiro atoms. The van der Waals surface area contributed by atoms with Crippen molar-refractivity contribution in [1.29, 1.82) is 0 Å². The van der Waals surface area contributed by atoms with Crippen molar-refractivity contribution in [3.8, 4) is 11.5 Å². The largest absolute Gasteiger partial charge is 0.334 e. The second-order valence-corrected chi connectivity index (χ2v) is 15.0. The zero-order valence-electron chi connectivity index (χ0n) is 24.7. The first-order valence-electron chi connectivity index (χ1n) is 15.4. The van der Waals surface area contributed by atoms with E-state index in [9.17, 15) is 22.0 Å². The lowest BCUT2D eigenvalue weighted by atomic mass is 10.0. The van der Waals surface area contributed by atoms with E-state index in [4.69, 9.17) is 10.7 Å². The number of amides is 1. The van der Waals surface area contributed by atoms with Crippen molar-refractivity contribution in [2.75, 3.05) is 17.1 Å². The first kappa shape index (κ1) is 27.9. The summed E-state index contributed by atoms with van der Waals surface area (Å²) in [6.07, 6.45) is 6.89. The Morgan fingerprint density at radius 3 is 2.48 bits per heavy atom. The monoisotopic (exact) mass is 623 g/mol. The molecule has 1 aromatic carbocycles. The van der Waals surface area contributed by atoms with Gasteiger partial charge in [-0.1, -0.05) is 0 Å². The average molecular weight is 624 g/mol. The Hall–Kier alpha value is -3.58. The second kappa shape index (κ2) is 9.71. The van der Waals surface area contributed by atoms with Gasteiger partial charge in [-0.25, -0.2) is 18.4 Å². The van der Waals surface area contributed by atoms with Crippen LogP contribution in [-0.2, 0) is 16.6 Å². The summed E-state index contributed by atoms with van der Waals surface area (Å²) in [5.41, 5.74) is 10.9. The number of fused-ring (bicyclic) bond motifs is 4. The van der Waals surface area contributed by atoms with Crippen LogP contribution in [0.15, 0.2) is 30.3 Å². The van der Waals surface area contributed by atoms with E-state index in [-0.39, 0.29) is 34.2 Å². The minimum Gasteiger partial charge on any atom is -0.334 e. The molecule has 4 fully saturated rings. The third-order valence-electron chi connectivity index (χ3n) is 9.95. The van der Waals surface area contributed by atoms with E-state index < -0.39 is 16.6 Å². The van der Waals surface area contributed by atoms with E-state index in [1.165, 1.54) is 6.07 Å². The number of rotatable bonds is 8. The number of aromatic nitrogens is 4. The average Bonchev–Trinajstić information content (AvgIpc) is 3.86. The number of piperidine rings is 1. The highest BCUT2D eigenvalue weighted by molar-refractivity contribution is 7.92. The molecule has 3 saturated carbocycles. The topological polar surface area (TPSA) is 119 Å². The van der Waals surface area contributed by atoms with Crippen LogP contribution in [0, 0.1) is 18.8 Å². The van der Waals surface area contributed by atoms with Crippen LogP contribution in [0.3, 0.4) is 0 Å². The molecule has 8 rings (SSSR count). The van der Waals surface area contributed by atoms with Crippen LogP contribution in [0.1, 0.15) is 60.5 Å². The SMILES string of the molecule is Cc1cc2c(cc1C(=O)N1C[C@H]3CC[C@@H]1[C@@H]3N)nc(-c1cc3ccc(N(C(F)F)S(C)(=O)=O)nc3n1CC1CC1)n2C1CC1. The van der Waals surface area contributed by atoms with Crippen LogP contribution >= 0.6 is 0 Å². The lowest BCUT2D eigenvalue weighted by molar-refractivity contribution is 0.0700. The molecule has 0 radical (unpaired) electrons. The molecule has 232 valence electrons. The van der Waals surface area contributed by atoms with Crippen molar-refractivity contribution in [3.63, 3.8) is 0 Å². The molecule has 4 aromatic rings. The van der Waals surface area contributed by atoms with Crippen LogP contribution in [0.5, 0.6) is 0 Å². The summed E-state index contributed by atoms with van der Waals surface area (Å²) in [5.74, 6) is 1.21. The molecule has 3 aromatic heterocycles. The van der Waals surface area contributed by atoms with Gasteiger partial charge in [0.2, 0.25) is 10.0 Å². The number of pyridine rings is 1. The number of carbonyl (C=O) groups excluding carboxylic acids is 1. The standard InChI is InChI=1S/C31H35F2N7O3S/c1-16-11-24-22(13-21(16)30(41)38-15-19-5-9-23(38)27(19)34)35-29(39(24)20-7-8-20)25-12-18-6-10-26(40(31(32)33)44(2,42)43)36-28(18)37(25)14-17-3-4-17/h6,10-13,17,19-20,23,27,31H,3-5,7-9,14-15,34H2,1-2H3/t19-,23-,27-/m1/s1. The van der Waals surface area contributed by atoms with Crippen LogP contribution in [0.4, 0.5) is 14.6 Å². The van der Waals surface area contributed by atoms with Crippen molar-refractivity contribution in [2.45, 2.75) is 76.7 Å². The molecule has 1 amide bonds. The summed E-state index contributed by atoms with van der Waals surface area (Å²) >= 11 is 0. The number of halogens is 2. The summed E-state index contributed by atoms with van der Waals surface area (Å²) in [6.45, 7) is 0.0309. The number of likely N-dealkylation sites (tertiary alicyclic amines) is 1. The Morgan fingerprint density at radius 1 is 1.09 bits per heavy atom. The zero-order valence-corrected chi connectivity index (χ0v) is 25.5. The number of nitrogens with zero attached hydrogens (tertiary/aromatic N) is 6. The van der Waals surface area contributed by atoms with E-state index in [0.717, 1.165) is 72.9 Å². The van der Waals surface area contributed by atoms with Gasteiger partial charge in [-0.2, -0.15) is 13.1 Å². The summed E-state index contributed by atoms with van der Waals surface area (Å²) in [6, 6.07) is 9.28. The van der Waals surface area contributed by atoms with Gasteiger partial charge in [-0.05, 0) is 93.2 Å². The number of hydrogen-bond donors (Lipinski definition) is 1. The Bertz CT molecular complexity index is 1950. The summed E-state index contributed by atoms with van der Waals surface area (Å²) in [7, 11) is -4.25. The maximum absolute atomic E-state index is 13.9. The smallest absolute Gasteiger partial charge is 0.329 e. The minimum absolute atomic E-state index is 0.00334. The molecule has 44 heavy (non-hydrogen) atoms. The summed E-state index contributed by atoms with van der Waals surface area (Å²) in [5, 5.41) is 0.717. The minimum atomic E-state index is -4.25. The number of sulfonamides is 1. The fourth-order valence-corrected chi connectivity index (χ4v) is 8.11. The number of hydrogen-bond acceptors (Lipinski definition) is 6. The second-order valence-electron chi connectivity index (χ2n) is 13.1. The van der Waals surface area contributed by atoms with Gasteiger partial charge >= 0.3 is 6.55 Å². The van der Waals surface area contributed by atoms with Gasteiger partial charge in [-0.3, -0.25) is 4.79 Å².